The molecule has 0 saturated carbocycles. The zero-order valence-electron chi connectivity index (χ0n) is 23.3. The van der Waals surface area contributed by atoms with Crippen molar-refractivity contribution in [3.63, 3.8) is 0 Å². The summed E-state index contributed by atoms with van der Waals surface area (Å²) in [6, 6.07) is 8.37. The molecule has 3 heterocycles. The van der Waals surface area contributed by atoms with E-state index in [1.54, 1.807) is 20.4 Å². The van der Waals surface area contributed by atoms with E-state index in [0.717, 1.165) is 66.0 Å². The predicted octanol–water partition coefficient (Wildman–Crippen LogP) is 4.31. The van der Waals surface area contributed by atoms with Crippen molar-refractivity contribution < 1.29 is 9.47 Å². The fourth-order valence-corrected chi connectivity index (χ4v) is 5.36. The summed E-state index contributed by atoms with van der Waals surface area (Å²) in [6.07, 6.45) is 8.51. The van der Waals surface area contributed by atoms with Gasteiger partial charge >= 0.3 is 0 Å². The topological polar surface area (TPSA) is 97.0 Å². The number of allylic oxidation sites excluding steroid dienone is 3. The van der Waals surface area contributed by atoms with Crippen LogP contribution in [-0.4, -0.2) is 64.0 Å². The molecule has 0 bridgehead atoms. The van der Waals surface area contributed by atoms with Gasteiger partial charge < -0.3 is 30.7 Å². The summed E-state index contributed by atoms with van der Waals surface area (Å²) in [5.74, 6) is 4.94. The van der Waals surface area contributed by atoms with Crippen LogP contribution in [0.3, 0.4) is 0 Å². The van der Waals surface area contributed by atoms with Gasteiger partial charge in [0, 0.05) is 44.5 Å². The molecule has 1 aromatic heterocycles. The van der Waals surface area contributed by atoms with Gasteiger partial charge in [0.05, 0.1) is 24.6 Å². The van der Waals surface area contributed by atoms with E-state index in [9.17, 15) is 0 Å². The second-order valence-corrected chi connectivity index (χ2v) is 10.2. The number of nitrogens with two attached hydrogens (primary N) is 1. The maximum Gasteiger partial charge on any atom is 0.174 e. The minimum atomic E-state index is -0.415. The molecule has 2 aliphatic rings. The third-order valence-corrected chi connectivity index (χ3v) is 7.35. The number of nitrogens with zero attached hydrogens (tertiary/aromatic N) is 3. The molecule has 8 nitrogen and oxygen atoms in total. The Kier molecular flexibility index (Phi) is 10.2. The van der Waals surface area contributed by atoms with Crippen molar-refractivity contribution in [3.05, 3.63) is 70.5 Å². The molecule has 2 aliphatic heterocycles. The smallest absolute Gasteiger partial charge is 0.174 e. The number of aliphatic imine (C=N–C) groups is 1. The fourth-order valence-electron chi connectivity index (χ4n) is 5.10. The van der Waals surface area contributed by atoms with Gasteiger partial charge in [-0.25, -0.2) is 4.98 Å². The number of ether oxygens (including phenoxy) is 2. The van der Waals surface area contributed by atoms with Crippen LogP contribution in [0.25, 0.3) is 5.70 Å². The number of methoxy groups -OCH3 is 2. The van der Waals surface area contributed by atoms with Gasteiger partial charge in [0.25, 0.3) is 0 Å². The van der Waals surface area contributed by atoms with E-state index in [-0.39, 0.29) is 6.04 Å². The van der Waals surface area contributed by atoms with E-state index in [1.165, 1.54) is 5.56 Å². The molecule has 0 spiro atoms. The molecule has 0 aliphatic carbocycles. The number of hydrogen-bond acceptors (Lipinski definition) is 8. The van der Waals surface area contributed by atoms with E-state index >= 15 is 0 Å². The Bertz CT molecular complexity index is 1280. The van der Waals surface area contributed by atoms with Crippen molar-refractivity contribution in [2.75, 3.05) is 45.8 Å². The van der Waals surface area contributed by atoms with E-state index in [0.29, 0.717) is 24.0 Å². The molecule has 9 heteroatoms. The maximum atomic E-state index is 6.33. The summed E-state index contributed by atoms with van der Waals surface area (Å²) >= 11 is 6.13. The average molecular weight is 551 g/mol. The molecular formula is C30H39ClN6O2. The monoisotopic (exact) mass is 550 g/mol. The van der Waals surface area contributed by atoms with Crippen LogP contribution in [-0.2, 0) is 17.0 Å². The number of anilines is 1. The molecule has 4 rings (SSSR count). The Morgan fingerprint density at radius 1 is 1.31 bits per heavy atom. The molecule has 0 radical (unpaired) electrons. The minimum absolute atomic E-state index is 0.109. The summed E-state index contributed by atoms with van der Waals surface area (Å²) in [5.41, 5.74) is 13.4. The quantitative estimate of drug-likeness (QED) is 0.206. The Balaban J connectivity index is 1.60. The van der Waals surface area contributed by atoms with Gasteiger partial charge in [0.1, 0.15) is 5.70 Å². The van der Waals surface area contributed by atoms with Gasteiger partial charge in [-0.2, -0.15) is 4.99 Å². The van der Waals surface area contributed by atoms with Crippen molar-refractivity contribution >= 4 is 34.7 Å². The van der Waals surface area contributed by atoms with Crippen LogP contribution in [0.1, 0.15) is 36.5 Å². The highest BCUT2D eigenvalue weighted by Crippen LogP contribution is 2.42. The average Bonchev–Trinajstić information content (AvgIpc) is 3.36. The lowest BCUT2D eigenvalue weighted by atomic mass is 10.0. The van der Waals surface area contributed by atoms with Crippen molar-refractivity contribution in [1.29, 1.82) is 0 Å². The number of halogens is 1. The number of alkyl halides is 1. The number of benzene rings is 1. The lowest BCUT2D eigenvalue weighted by Crippen LogP contribution is -2.43. The van der Waals surface area contributed by atoms with Gasteiger partial charge in [0.2, 0.25) is 0 Å². The van der Waals surface area contributed by atoms with Gasteiger partial charge in [-0.1, -0.05) is 42.0 Å². The van der Waals surface area contributed by atoms with Crippen molar-refractivity contribution in [2.45, 2.75) is 44.3 Å². The molecule has 1 saturated heterocycles. The molecule has 208 valence electrons. The number of likely N-dealkylation sites (N-methyl/N-ethyl adjacent to an activating group) is 1. The van der Waals surface area contributed by atoms with E-state index in [4.69, 9.17) is 26.8 Å². The number of piperidine rings is 1. The molecule has 1 aromatic carbocycles. The molecule has 1 fully saturated rings. The van der Waals surface area contributed by atoms with E-state index in [1.807, 2.05) is 19.2 Å². The number of nitrogens with one attached hydrogen (secondary N) is 2. The number of fused-ring (bicyclic) bond motifs is 1. The standard InChI is InChI=1S/C30H39ClN6O2/c1-20(11-12-21-8-5-6-9-22(21)15-31)14-23(16-33-2)30(39-4)36-25-17-34-29-27(25)28(26(38-3)18-35-29)37-13-7-10-24(32)19-37/h5-6,8-9,11,14,18,24,30,33,36H,7,10,12-13,15-16,19,32H2,1-4H3. The van der Waals surface area contributed by atoms with Crippen LogP contribution in [0.5, 0.6) is 5.75 Å². The van der Waals surface area contributed by atoms with Crippen LogP contribution in [0.4, 0.5) is 11.5 Å². The molecule has 0 amide bonds. The molecule has 2 aromatic rings. The van der Waals surface area contributed by atoms with Gasteiger partial charge in [0.15, 0.2) is 17.8 Å². The minimum Gasteiger partial charge on any atom is -0.493 e. The van der Waals surface area contributed by atoms with Crippen molar-refractivity contribution in [2.24, 2.45) is 10.7 Å². The van der Waals surface area contributed by atoms with Crippen LogP contribution in [0.2, 0.25) is 0 Å². The summed E-state index contributed by atoms with van der Waals surface area (Å²) < 4.78 is 11.7. The SMILES string of the molecule is CNCC(=CC(C)=CCc1ccccc1CCl)C(NC1=C=Nc2ncc(OC)c(N3CCCC(N)C3)c21)OC. The Labute approximate surface area is 236 Å². The van der Waals surface area contributed by atoms with Gasteiger partial charge in [-0.15, -0.1) is 11.6 Å². The molecule has 39 heavy (non-hydrogen) atoms. The van der Waals surface area contributed by atoms with E-state index < -0.39 is 6.23 Å². The number of rotatable bonds is 12. The van der Waals surface area contributed by atoms with Crippen molar-refractivity contribution in [1.82, 2.24) is 15.6 Å². The van der Waals surface area contributed by atoms with Gasteiger partial charge in [-0.3, -0.25) is 0 Å². The lowest BCUT2D eigenvalue weighted by molar-refractivity contribution is 0.116. The first-order valence-electron chi connectivity index (χ1n) is 13.3. The largest absolute Gasteiger partial charge is 0.493 e. The second-order valence-electron chi connectivity index (χ2n) is 9.88. The lowest BCUT2D eigenvalue weighted by Gasteiger charge is -2.35. The number of pyridine rings is 1. The molecule has 4 N–H and O–H groups in total. The Hall–Kier alpha value is -3.13. The first-order valence-corrected chi connectivity index (χ1v) is 13.9. The highest BCUT2D eigenvalue weighted by Gasteiger charge is 2.30. The molecule has 2 unspecified atom stereocenters. The summed E-state index contributed by atoms with van der Waals surface area (Å²) in [5, 5.41) is 6.80. The Morgan fingerprint density at radius 3 is 2.79 bits per heavy atom. The fraction of sp³-hybridized carbons (Fsp3) is 0.433. The summed E-state index contributed by atoms with van der Waals surface area (Å²) in [6.45, 7) is 4.37. The number of hydrogen-bond donors (Lipinski definition) is 3. The second kappa shape index (κ2) is 13.8. The predicted molar refractivity (Wildman–Crippen MR) is 160 cm³/mol. The third-order valence-electron chi connectivity index (χ3n) is 7.06. The zero-order chi connectivity index (χ0) is 27.8. The first-order chi connectivity index (χ1) is 19.0. The first kappa shape index (κ1) is 28.9. The van der Waals surface area contributed by atoms with Crippen LogP contribution in [0.15, 0.2) is 58.8 Å². The number of aromatic nitrogens is 1. The van der Waals surface area contributed by atoms with Gasteiger partial charge in [-0.05, 0) is 49.9 Å². The normalized spacial score (nSPS) is 18.2. The van der Waals surface area contributed by atoms with E-state index in [2.05, 4.69) is 62.6 Å². The summed E-state index contributed by atoms with van der Waals surface area (Å²) in [4.78, 5) is 11.3. The molecular weight excluding hydrogens is 512 g/mol. The van der Waals surface area contributed by atoms with Crippen LogP contribution in [0, 0.1) is 0 Å². The molecule has 2 atom stereocenters. The van der Waals surface area contributed by atoms with Crippen LogP contribution >= 0.6 is 11.6 Å². The Morgan fingerprint density at radius 2 is 2.10 bits per heavy atom. The third kappa shape index (κ3) is 6.90. The van der Waals surface area contributed by atoms with Crippen molar-refractivity contribution in [3.8, 4) is 5.75 Å². The highest BCUT2D eigenvalue weighted by molar-refractivity contribution is 6.17. The van der Waals surface area contributed by atoms with Crippen LogP contribution < -0.4 is 26.0 Å². The maximum absolute atomic E-state index is 6.33. The summed E-state index contributed by atoms with van der Waals surface area (Å²) in [7, 11) is 5.28. The zero-order valence-corrected chi connectivity index (χ0v) is 24.0. The highest BCUT2D eigenvalue weighted by atomic mass is 35.5.